The number of halogens is 24. The molecule has 0 saturated heterocycles. The number of urea groups is 2. The van der Waals surface area contributed by atoms with Crippen LogP contribution < -0.4 is 30.7 Å². The molecule has 77 heavy (non-hydrogen) atoms. The Bertz CT molecular complexity index is 2720. The van der Waals surface area contributed by atoms with Gasteiger partial charge >= 0.3 is 61.8 Å². The number of carbonyl (C=O) groups excluding carboxylic acids is 2. The Morgan fingerprint density at radius 3 is 1.23 bits per heavy atom. The molecule has 1 fully saturated rings. The van der Waals surface area contributed by atoms with Crippen molar-refractivity contribution in [2.24, 2.45) is 5.92 Å². The number of hydrogen-bond acceptors (Lipinski definition) is 4. The van der Waals surface area contributed by atoms with Gasteiger partial charge in [-0.15, -0.1) is 6.58 Å². The van der Waals surface area contributed by atoms with Crippen LogP contribution in [0.4, 0.5) is 115 Å². The molecule has 0 heterocycles. The fourth-order valence-corrected chi connectivity index (χ4v) is 7.16. The largest absolute Gasteiger partial charge is 0.461 e. The van der Waals surface area contributed by atoms with Crippen LogP contribution in [0.25, 0.3) is 0 Å². The van der Waals surface area contributed by atoms with Crippen LogP contribution in [0.5, 0.6) is 11.5 Å². The number of benzene rings is 4. The number of amides is 4. The molecule has 4 amide bonds. The van der Waals surface area contributed by atoms with Crippen LogP contribution >= 0.6 is 0 Å². The van der Waals surface area contributed by atoms with Crippen molar-refractivity contribution in [1.29, 1.82) is 0 Å². The average Bonchev–Trinajstić information content (AvgIpc) is 4.09. The smallest absolute Gasteiger partial charge is 0.428 e. The lowest BCUT2D eigenvalue weighted by Crippen LogP contribution is -2.52. The molecule has 4 N–H and O–H groups in total. The van der Waals surface area contributed by atoms with E-state index >= 15 is 0 Å². The van der Waals surface area contributed by atoms with Gasteiger partial charge in [0.15, 0.2) is 0 Å². The Morgan fingerprint density at radius 2 is 0.896 bits per heavy atom. The van der Waals surface area contributed by atoms with Crippen LogP contribution in [-0.2, 0) is 23.4 Å². The third-order valence-corrected chi connectivity index (χ3v) is 10.6. The van der Waals surface area contributed by atoms with Crippen LogP contribution in [0.15, 0.2) is 85.5 Å². The maximum absolute atomic E-state index is 14.5. The Hall–Kier alpha value is -6.92. The van der Waals surface area contributed by atoms with Crippen molar-refractivity contribution in [3.8, 4) is 11.5 Å². The van der Waals surface area contributed by atoms with Crippen molar-refractivity contribution >= 4 is 12.1 Å². The first-order chi connectivity index (χ1) is 35.1. The molecule has 0 spiro atoms. The van der Waals surface area contributed by atoms with Gasteiger partial charge in [-0.2, -0.15) is 87.8 Å². The molecule has 0 aromatic heterocycles. The van der Waals surface area contributed by atoms with Crippen LogP contribution in [0.2, 0.25) is 0 Å². The number of ether oxygens (including phenoxy) is 2. The highest BCUT2D eigenvalue weighted by atomic mass is 19.4. The number of rotatable bonds is 18. The highest BCUT2D eigenvalue weighted by Gasteiger charge is 2.48. The number of carbonyl (C=O) groups is 2. The van der Waals surface area contributed by atoms with Crippen molar-refractivity contribution in [1.82, 2.24) is 21.3 Å². The first-order valence-electron chi connectivity index (χ1n) is 21.1. The summed E-state index contributed by atoms with van der Waals surface area (Å²) in [7, 11) is 0. The van der Waals surface area contributed by atoms with E-state index in [2.05, 4.69) is 16.1 Å². The summed E-state index contributed by atoms with van der Waals surface area (Å²) in [5.41, 5.74) is -11.4. The second-order valence-corrected chi connectivity index (χ2v) is 16.5. The molecule has 4 aromatic rings. The lowest BCUT2D eigenvalue weighted by molar-refractivity contribution is -0.253. The van der Waals surface area contributed by atoms with E-state index in [9.17, 15) is 115 Å². The number of hydrogen-bond donors (Lipinski definition) is 4. The predicted molar refractivity (Wildman–Crippen MR) is 218 cm³/mol. The summed E-state index contributed by atoms with van der Waals surface area (Å²) < 4.78 is 326. The van der Waals surface area contributed by atoms with Gasteiger partial charge in [0.1, 0.15) is 47.9 Å². The van der Waals surface area contributed by atoms with E-state index in [-0.39, 0.29) is 30.3 Å². The molecule has 1 aliphatic carbocycles. The summed E-state index contributed by atoms with van der Waals surface area (Å²) in [6, 6.07) is 1.47. The fourth-order valence-electron chi connectivity index (χ4n) is 7.16. The summed E-state index contributed by atoms with van der Waals surface area (Å²) >= 11 is 0. The van der Waals surface area contributed by atoms with Gasteiger partial charge in [0.2, 0.25) is 0 Å². The lowest BCUT2D eigenvalue weighted by Gasteiger charge is -2.37. The second-order valence-electron chi connectivity index (χ2n) is 16.5. The first kappa shape index (κ1) is 62.6. The maximum atomic E-state index is 14.5. The van der Waals surface area contributed by atoms with E-state index in [1.807, 2.05) is 10.6 Å². The maximum Gasteiger partial charge on any atom is 0.461 e. The van der Waals surface area contributed by atoms with Crippen molar-refractivity contribution in [2.75, 3.05) is 13.1 Å². The minimum absolute atomic E-state index is 0.141. The van der Waals surface area contributed by atoms with Gasteiger partial charge in [-0.05, 0) is 89.5 Å². The number of alkyl halides is 20. The average molecular weight is 1150 g/mol. The van der Waals surface area contributed by atoms with Gasteiger partial charge in [0, 0.05) is 12.1 Å². The standard InChI is InChI=1S/C23H18F12N2O2.C22H16F12N2O2/c24-14-5-13(6-15(8-14)39-23(34,35)18(26)27)20(9-11-1-2-11,37-19(38)36-10-21(28,29)30)12-3-4-17(25)16(7-12)22(31,32)33;1-2-5-19(36-18(37)35-10-20(27,28)29,11-3-4-16(24)15(8-11)21(30,31)32)12-6-13(23)9-14(7-12)38-22(33,34)17(25)26/h3-8,11,18H,1-2,9-10H2,(H2,36,37,38);2-4,6-9,17H,1,5,10H2,(H2,35,36,37)/t20-;19-/m11/s1. The van der Waals surface area contributed by atoms with Crippen molar-refractivity contribution < 1.29 is 124 Å². The molecule has 5 rings (SSSR count). The monoisotopic (exact) mass is 1150 g/mol. The zero-order chi connectivity index (χ0) is 58.5. The van der Waals surface area contributed by atoms with E-state index in [4.69, 9.17) is 0 Å². The van der Waals surface area contributed by atoms with E-state index in [0.29, 0.717) is 49.2 Å². The molecule has 0 bridgehead atoms. The number of nitrogens with one attached hydrogen (secondary N) is 4. The van der Waals surface area contributed by atoms with Crippen molar-refractivity contribution in [3.05, 3.63) is 142 Å². The highest BCUT2D eigenvalue weighted by molar-refractivity contribution is 5.77. The van der Waals surface area contributed by atoms with Crippen molar-refractivity contribution in [2.45, 2.75) is 86.5 Å². The van der Waals surface area contributed by atoms with Gasteiger partial charge in [0.05, 0.1) is 22.2 Å². The summed E-state index contributed by atoms with van der Waals surface area (Å²) in [5.74, 6) is -9.39. The Morgan fingerprint density at radius 1 is 0.532 bits per heavy atom. The minimum Gasteiger partial charge on any atom is -0.428 e. The zero-order valence-electron chi connectivity index (χ0n) is 37.9. The molecule has 0 aliphatic heterocycles. The van der Waals surface area contributed by atoms with Crippen LogP contribution in [0, 0.1) is 29.2 Å². The van der Waals surface area contributed by atoms with E-state index < -0.39 is 173 Å². The molecular weight excluding hydrogens is 1120 g/mol. The molecule has 1 aliphatic rings. The van der Waals surface area contributed by atoms with Crippen molar-refractivity contribution in [3.63, 3.8) is 0 Å². The van der Waals surface area contributed by atoms with E-state index in [0.717, 1.165) is 12.1 Å². The highest BCUT2D eigenvalue weighted by Crippen LogP contribution is 2.47. The normalized spacial score (nSPS) is 15.1. The quantitative estimate of drug-likeness (QED) is 0.0589. The van der Waals surface area contributed by atoms with Gasteiger partial charge in [-0.25, -0.2) is 27.2 Å². The van der Waals surface area contributed by atoms with Gasteiger partial charge in [-0.3, -0.25) is 0 Å². The Labute approximate surface area is 416 Å². The fraction of sp³-hybridized carbons (Fsp3) is 0.378. The van der Waals surface area contributed by atoms with Crippen LogP contribution in [0.1, 0.15) is 59.1 Å². The molecule has 32 heteroatoms. The Balaban J connectivity index is 0.000000333. The summed E-state index contributed by atoms with van der Waals surface area (Å²) in [6.07, 6.45) is -39.0. The lowest BCUT2D eigenvalue weighted by atomic mass is 9.77. The van der Waals surface area contributed by atoms with Crippen LogP contribution in [0.3, 0.4) is 0 Å². The topological polar surface area (TPSA) is 101 Å². The van der Waals surface area contributed by atoms with E-state index in [1.165, 1.54) is 10.6 Å². The molecule has 1 saturated carbocycles. The third-order valence-electron chi connectivity index (χ3n) is 10.6. The molecule has 0 unspecified atom stereocenters. The summed E-state index contributed by atoms with van der Waals surface area (Å²) in [5, 5.41) is 6.75. The predicted octanol–water partition coefficient (Wildman–Crippen LogP) is 14.0. The van der Waals surface area contributed by atoms with E-state index in [1.54, 1.807) is 0 Å². The molecular formula is C45H34F24N4O4. The van der Waals surface area contributed by atoms with Gasteiger partial charge in [-0.1, -0.05) is 31.1 Å². The summed E-state index contributed by atoms with van der Waals surface area (Å²) in [4.78, 5) is 24.9. The van der Waals surface area contributed by atoms with Gasteiger partial charge in [0.25, 0.3) is 0 Å². The van der Waals surface area contributed by atoms with Gasteiger partial charge < -0.3 is 30.7 Å². The molecule has 2 atom stereocenters. The SMILES string of the molecule is C=CC[C@](NC(=O)NCC(F)(F)F)(c1cc(F)cc(OC(F)(F)C(F)F)c1)c1ccc(F)c(C(F)(F)F)c1.O=C(NCC(F)(F)F)N[C@@](CC1CC1)(c1cc(F)cc(OC(F)(F)C(F)F)c1)c1ccc(F)c(C(F)(F)F)c1. The molecule has 426 valence electrons. The summed E-state index contributed by atoms with van der Waals surface area (Å²) in [6.45, 7) is -0.514. The minimum atomic E-state index is -5.33. The molecule has 8 nitrogen and oxygen atoms in total. The van der Waals surface area contributed by atoms with Crippen LogP contribution in [-0.4, -0.2) is 62.6 Å². The molecule has 4 aromatic carbocycles. The molecule has 0 radical (unpaired) electrons. The second kappa shape index (κ2) is 23.4. The first-order valence-corrected chi connectivity index (χ1v) is 21.1. The Kier molecular flexibility index (Phi) is 19.0. The zero-order valence-corrected chi connectivity index (χ0v) is 37.9. The third kappa shape index (κ3) is 17.0.